The molecular weight excluding hydrogens is 753 g/mol. The number of para-hydroxylation sites is 2. The van der Waals surface area contributed by atoms with E-state index in [2.05, 4.69) is 228 Å². The molecule has 0 radical (unpaired) electrons. The minimum atomic E-state index is 0.646. The molecule has 12 aromatic rings. The van der Waals surface area contributed by atoms with Crippen LogP contribution < -0.4 is 0 Å². The van der Waals surface area contributed by atoms with Crippen LogP contribution in [0.5, 0.6) is 0 Å². The van der Waals surface area contributed by atoms with Crippen molar-refractivity contribution < 1.29 is 0 Å². The molecule has 12 rings (SSSR count). The van der Waals surface area contributed by atoms with Crippen LogP contribution in [0.2, 0.25) is 0 Å². The average Bonchev–Trinajstić information content (AvgIpc) is 3.87. The van der Waals surface area contributed by atoms with Crippen LogP contribution in [0.25, 0.3) is 111 Å². The molecule has 0 aliphatic rings. The number of nitrogens with zero attached hydrogens (tertiary/aromatic N) is 4. The van der Waals surface area contributed by atoms with Crippen LogP contribution >= 0.6 is 0 Å². The Kier molecular flexibility index (Phi) is 8.46. The molecule has 290 valence electrons. The van der Waals surface area contributed by atoms with Crippen LogP contribution in [0, 0.1) is 0 Å². The summed E-state index contributed by atoms with van der Waals surface area (Å²) in [7, 11) is 0. The highest BCUT2D eigenvalue weighted by molar-refractivity contribution is 6.12. The lowest BCUT2D eigenvalue weighted by Crippen LogP contribution is -2.03. The van der Waals surface area contributed by atoms with Gasteiger partial charge in [-0.25, -0.2) is 9.97 Å². The third-order valence-corrected chi connectivity index (χ3v) is 12.2. The first kappa shape index (κ1) is 35.6. The lowest BCUT2D eigenvalue weighted by atomic mass is 10.00. The molecule has 0 bridgehead atoms. The van der Waals surface area contributed by atoms with Crippen LogP contribution in [0.1, 0.15) is 0 Å². The van der Waals surface area contributed by atoms with Gasteiger partial charge < -0.3 is 4.57 Å². The van der Waals surface area contributed by atoms with Gasteiger partial charge in [-0.05, 0) is 88.0 Å². The largest absolute Gasteiger partial charge is 0.309 e. The number of hydrogen-bond donors (Lipinski definition) is 0. The van der Waals surface area contributed by atoms with Gasteiger partial charge in [0.25, 0.3) is 0 Å². The Morgan fingerprint density at radius 2 is 0.597 bits per heavy atom. The van der Waals surface area contributed by atoms with Crippen molar-refractivity contribution in [2.45, 2.75) is 0 Å². The van der Waals surface area contributed by atoms with Crippen molar-refractivity contribution in [3.8, 4) is 67.5 Å². The van der Waals surface area contributed by atoms with E-state index in [1.807, 2.05) is 12.1 Å². The number of hydrogen-bond acceptors (Lipinski definition) is 2. The number of fused-ring (bicyclic) bond motifs is 6. The van der Waals surface area contributed by atoms with Crippen molar-refractivity contribution in [2.24, 2.45) is 0 Å². The maximum absolute atomic E-state index is 5.23. The first-order valence-corrected chi connectivity index (χ1v) is 21.1. The summed E-state index contributed by atoms with van der Waals surface area (Å²) in [6, 6.07) is 82.2. The summed E-state index contributed by atoms with van der Waals surface area (Å²) < 4.78 is 4.61. The molecule has 3 heterocycles. The summed E-state index contributed by atoms with van der Waals surface area (Å²) in [4.78, 5) is 10.5. The lowest BCUT2D eigenvalue weighted by Gasteiger charge is -2.12. The van der Waals surface area contributed by atoms with Gasteiger partial charge in [0.15, 0.2) is 0 Å². The molecule has 4 heteroatoms. The van der Waals surface area contributed by atoms with Crippen molar-refractivity contribution in [3.63, 3.8) is 0 Å². The van der Waals surface area contributed by atoms with Gasteiger partial charge >= 0.3 is 0 Å². The molecule has 0 amide bonds. The highest BCUT2D eigenvalue weighted by Crippen LogP contribution is 2.39. The molecular formula is C58H38N4. The van der Waals surface area contributed by atoms with E-state index in [0.29, 0.717) is 5.95 Å². The number of benzene rings is 9. The van der Waals surface area contributed by atoms with Crippen LogP contribution in [0.3, 0.4) is 0 Å². The zero-order valence-corrected chi connectivity index (χ0v) is 33.7. The van der Waals surface area contributed by atoms with E-state index in [9.17, 15) is 0 Å². The van der Waals surface area contributed by atoms with Crippen molar-refractivity contribution in [3.05, 3.63) is 231 Å². The molecule has 9 aromatic carbocycles. The van der Waals surface area contributed by atoms with Crippen LogP contribution in [-0.4, -0.2) is 19.1 Å². The second-order valence-corrected chi connectivity index (χ2v) is 15.8. The second kappa shape index (κ2) is 14.7. The van der Waals surface area contributed by atoms with Gasteiger partial charge in [-0.2, -0.15) is 0 Å². The zero-order chi connectivity index (χ0) is 41.0. The highest BCUT2D eigenvalue weighted by atomic mass is 15.2. The van der Waals surface area contributed by atoms with Crippen LogP contribution in [0.15, 0.2) is 231 Å². The molecule has 0 aliphatic carbocycles. The number of aromatic nitrogens is 4. The van der Waals surface area contributed by atoms with Gasteiger partial charge in [-0.15, -0.1) is 0 Å². The monoisotopic (exact) mass is 790 g/mol. The van der Waals surface area contributed by atoms with Gasteiger partial charge in [-0.3, -0.25) is 4.57 Å². The van der Waals surface area contributed by atoms with E-state index in [1.54, 1.807) is 0 Å². The SMILES string of the molecule is c1ccc(-c2ccc(-c3ccc(-n4c5ccccc5c5cc(-c6ccc7c(c6)c6ccccc6n7-c6nc(-c7ccccc7)cc(-c7ccccc7)n6)ccc54)cc3)cc2)cc1. The third-order valence-electron chi connectivity index (χ3n) is 12.2. The zero-order valence-electron chi connectivity index (χ0n) is 33.7. The summed E-state index contributed by atoms with van der Waals surface area (Å²) in [6.07, 6.45) is 0. The maximum atomic E-state index is 5.23. The summed E-state index contributed by atoms with van der Waals surface area (Å²) in [5.41, 5.74) is 16.7. The van der Waals surface area contributed by atoms with E-state index in [-0.39, 0.29) is 0 Å². The first-order chi connectivity index (χ1) is 30.7. The second-order valence-electron chi connectivity index (χ2n) is 15.8. The van der Waals surface area contributed by atoms with Gasteiger partial charge in [0.1, 0.15) is 0 Å². The first-order valence-electron chi connectivity index (χ1n) is 21.1. The highest BCUT2D eigenvalue weighted by Gasteiger charge is 2.19. The molecule has 4 nitrogen and oxygen atoms in total. The molecule has 0 unspecified atom stereocenters. The van der Waals surface area contributed by atoms with E-state index in [0.717, 1.165) is 55.6 Å². The van der Waals surface area contributed by atoms with Crippen molar-refractivity contribution in [1.82, 2.24) is 19.1 Å². The van der Waals surface area contributed by atoms with Crippen molar-refractivity contribution in [2.75, 3.05) is 0 Å². The standard InChI is InChI=1S/C58H38N4/c1-4-14-39(15-5-1)40-24-26-41(27-25-40)42-28-32-47(33-29-42)61-54-22-12-10-20-48(54)50-36-45(30-34-56(50)61)46-31-35-57-51(37-46)49-21-11-13-23-55(49)62(57)58-59-52(43-16-6-2-7-17-43)38-53(60-58)44-18-8-3-9-19-44/h1-38H. The Hall–Kier alpha value is -8.34. The Balaban J connectivity index is 0.945. The molecule has 0 spiro atoms. The van der Waals surface area contributed by atoms with E-state index < -0.39 is 0 Å². The van der Waals surface area contributed by atoms with Crippen LogP contribution in [0.4, 0.5) is 0 Å². The molecule has 0 aliphatic heterocycles. The lowest BCUT2D eigenvalue weighted by molar-refractivity contribution is 0.995. The molecule has 0 N–H and O–H groups in total. The average molecular weight is 791 g/mol. The predicted octanol–water partition coefficient (Wildman–Crippen LogP) is 15.0. The Bertz CT molecular complexity index is 3530. The van der Waals surface area contributed by atoms with Gasteiger partial charge in [0.05, 0.1) is 33.5 Å². The van der Waals surface area contributed by atoms with Gasteiger partial charge in [-0.1, -0.05) is 176 Å². The topological polar surface area (TPSA) is 35.6 Å². The summed E-state index contributed by atoms with van der Waals surface area (Å²) >= 11 is 0. The predicted molar refractivity (Wildman–Crippen MR) is 258 cm³/mol. The molecule has 3 aromatic heterocycles. The smallest absolute Gasteiger partial charge is 0.235 e. The normalized spacial score (nSPS) is 11.5. The molecule has 62 heavy (non-hydrogen) atoms. The van der Waals surface area contributed by atoms with Crippen molar-refractivity contribution in [1.29, 1.82) is 0 Å². The van der Waals surface area contributed by atoms with Gasteiger partial charge in [0, 0.05) is 38.4 Å². The van der Waals surface area contributed by atoms with Crippen molar-refractivity contribution >= 4 is 43.6 Å². The quantitative estimate of drug-likeness (QED) is 0.161. The summed E-state index contributed by atoms with van der Waals surface area (Å²) in [5, 5.41) is 4.77. The fraction of sp³-hybridized carbons (Fsp3) is 0. The fourth-order valence-corrected chi connectivity index (χ4v) is 9.14. The molecule has 0 saturated carbocycles. The third kappa shape index (κ3) is 6.08. The maximum Gasteiger partial charge on any atom is 0.235 e. The van der Waals surface area contributed by atoms with E-state index in [4.69, 9.17) is 9.97 Å². The fourth-order valence-electron chi connectivity index (χ4n) is 9.14. The Morgan fingerprint density at radius 1 is 0.242 bits per heavy atom. The Morgan fingerprint density at radius 3 is 1.10 bits per heavy atom. The summed E-state index contributed by atoms with van der Waals surface area (Å²) in [6.45, 7) is 0. The molecule has 0 atom stereocenters. The Labute approximate surface area is 359 Å². The van der Waals surface area contributed by atoms with E-state index >= 15 is 0 Å². The minimum absolute atomic E-state index is 0.646. The van der Waals surface area contributed by atoms with E-state index in [1.165, 1.54) is 49.6 Å². The number of rotatable bonds is 7. The van der Waals surface area contributed by atoms with Crippen LogP contribution in [-0.2, 0) is 0 Å². The molecule has 0 saturated heterocycles. The summed E-state index contributed by atoms with van der Waals surface area (Å²) in [5.74, 6) is 0.646. The molecule has 0 fully saturated rings. The van der Waals surface area contributed by atoms with Gasteiger partial charge in [0.2, 0.25) is 5.95 Å². The minimum Gasteiger partial charge on any atom is -0.309 e.